The molecule has 1 rings (SSSR count). The van der Waals surface area contributed by atoms with E-state index in [4.69, 9.17) is 15.0 Å². The Labute approximate surface area is 78.9 Å². The van der Waals surface area contributed by atoms with Gasteiger partial charge in [0.25, 0.3) is 0 Å². The Balaban J connectivity index is 0.000000364. The molecule has 0 fully saturated rings. The number of imidazole rings is 1. The van der Waals surface area contributed by atoms with Crippen LogP contribution in [0.4, 0.5) is 4.79 Å². The van der Waals surface area contributed by atoms with Crippen LogP contribution in [0, 0.1) is 0 Å². The molecule has 0 aliphatic heterocycles. The van der Waals surface area contributed by atoms with Crippen molar-refractivity contribution in [1.82, 2.24) is 9.97 Å². The Morgan fingerprint density at radius 2 is 2.07 bits per heavy atom. The van der Waals surface area contributed by atoms with Crippen LogP contribution in [-0.2, 0) is 4.79 Å². The molecule has 7 heteroatoms. The van der Waals surface area contributed by atoms with Crippen molar-refractivity contribution in [3.63, 3.8) is 0 Å². The molecule has 1 aromatic rings. The molecule has 76 valence electrons. The quantitative estimate of drug-likeness (QED) is 0.503. The average molecular weight is 199 g/mol. The first-order chi connectivity index (χ1) is 6.52. The van der Waals surface area contributed by atoms with Gasteiger partial charge in [-0.3, -0.25) is 0 Å². The van der Waals surface area contributed by atoms with E-state index >= 15 is 0 Å². The summed E-state index contributed by atoms with van der Waals surface area (Å²) in [5, 5.41) is 15.4. The minimum atomic E-state index is -1.33. The molecule has 0 aliphatic carbocycles. The molecule has 1 amide bonds. The number of nitrogens with one attached hydrogen (secondary N) is 1. The Morgan fingerprint density at radius 1 is 1.50 bits per heavy atom. The summed E-state index contributed by atoms with van der Waals surface area (Å²) in [6.07, 6.45) is 4.18. The molecule has 1 heterocycles. The molecular formula is C7H9N3O4. The monoisotopic (exact) mass is 199 g/mol. The minimum absolute atomic E-state index is 0.683. The highest BCUT2D eigenvalue weighted by Crippen LogP contribution is 1.92. The number of hydrogen-bond donors (Lipinski definition) is 4. The van der Waals surface area contributed by atoms with Gasteiger partial charge >= 0.3 is 12.1 Å². The van der Waals surface area contributed by atoms with Crippen LogP contribution in [0.15, 0.2) is 18.6 Å². The summed E-state index contributed by atoms with van der Waals surface area (Å²) in [7, 11) is 0. The highest BCUT2D eigenvalue weighted by atomic mass is 16.4. The zero-order chi connectivity index (χ0) is 11.0. The number of amides is 1. The van der Waals surface area contributed by atoms with Crippen molar-refractivity contribution in [3.8, 4) is 0 Å². The van der Waals surface area contributed by atoms with E-state index in [2.05, 4.69) is 15.7 Å². The maximum Gasteiger partial charge on any atom is 0.402 e. The van der Waals surface area contributed by atoms with E-state index in [-0.39, 0.29) is 0 Å². The van der Waals surface area contributed by atoms with E-state index in [9.17, 15) is 4.79 Å². The summed E-state index contributed by atoms with van der Waals surface area (Å²) in [6, 6.07) is 0. The second-order valence-electron chi connectivity index (χ2n) is 2.02. The normalized spacial score (nSPS) is 9.14. The van der Waals surface area contributed by atoms with Crippen LogP contribution in [0.25, 0.3) is 6.08 Å². The number of carbonyl (C=O) groups is 2. The van der Waals surface area contributed by atoms with Gasteiger partial charge in [-0.25, -0.2) is 14.6 Å². The molecule has 0 saturated carbocycles. The van der Waals surface area contributed by atoms with Gasteiger partial charge in [0, 0.05) is 6.08 Å². The Morgan fingerprint density at radius 3 is 2.43 bits per heavy atom. The number of nitrogens with zero attached hydrogens (tertiary/aromatic N) is 1. The van der Waals surface area contributed by atoms with Gasteiger partial charge < -0.3 is 20.9 Å². The third-order valence-electron chi connectivity index (χ3n) is 0.925. The van der Waals surface area contributed by atoms with Gasteiger partial charge in [-0.15, -0.1) is 0 Å². The number of carboxylic acid groups (broad SMARTS) is 2. The minimum Gasteiger partial charge on any atom is -0.478 e. The molecule has 0 saturated heterocycles. The zero-order valence-electron chi connectivity index (χ0n) is 7.04. The molecule has 0 radical (unpaired) electrons. The fraction of sp³-hybridized carbons (Fsp3) is 0. The lowest BCUT2D eigenvalue weighted by Gasteiger charge is -1.79. The second kappa shape index (κ2) is 6.23. The van der Waals surface area contributed by atoms with Crippen molar-refractivity contribution in [3.05, 3.63) is 24.3 Å². The number of nitrogens with two attached hydrogens (primary N) is 1. The van der Waals surface area contributed by atoms with E-state index in [0.29, 0.717) is 5.69 Å². The van der Waals surface area contributed by atoms with Gasteiger partial charge in [-0.05, 0) is 6.08 Å². The average Bonchev–Trinajstić information content (AvgIpc) is 2.51. The van der Waals surface area contributed by atoms with E-state index in [0.717, 1.165) is 6.08 Å². The fourth-order valence-corrected chi connectivity index (χ4v) is 0.519. The first-order valence-electron chi connectivity index (χ1n) is 3.40. The molecule has 1 aromatic heterocycles. The lowest BCUT2D eigenvalue weighted by atomic mass is 10.4. The zero-order valence-corrected chi connectivity index (χ0v) is 7.04. The van der Waals surface area contributed by atoms with Crippen LogP contribution in [0.3, 0.4) is 0 Å². The van der Waals surface area contributed by atoms with Gasteiger partial charge in [-0.2, -0.15) is 0 Å². The number of hydrogen-bond acceptors (Lipinski definition) is 3. The standard InChI is InChI=1S/C6H6N2O2.CH3NO2/c9-6(10)2-1-5-3-7-4-8-5;2-1(3)4/h1-4H,(H,7,8)(H,9,10);2H2,(H,3,4)/b2-1+;. The summed E-state index contributed by atoms with van der Waals surface area (Å²) in [4.78, 5) is 25.2. The molecule has 14 heavy (non-hydrogen) atoms. The summed E-state index contributed by atoms with van der Waals surface area (Å²) in [5.74, 6) is -0.963. The van der Waals surface area contributed by atoms with Crippen molar-refractivity contribution in [2.75, 3.05) is 0 Å². The Kier molecular flexibility index (Phi) is 5.20. The largest absolute Gasteiger partial charge is 0.478 e. The van der Waals surface area contributed by atoms with Gasteiger partial charge in [0.05, 0.1) is 18.2 Å². The first-order valence-corrected chi connectivity index (χ1v) is 3.40. The van der Waals surface area contributed by atoms with Crippen LogP contribution >= 0.6 is 0 Å². The maximum atomic E-state index is 9.97. The Bertz CT molecular complexity index is 314. The predicted octanol–water partition coefficient (Wildman–Crippen LogP) is 0.131. The van der Waals surface area contributed by atoms with E-state index in [1.807, 2.05) is 0 Å². The second-order valence-corrected chi connectivity index (χ2v) is 2.02. The van der Waals surface area contributed by atoms with Crippen LogP contribution in [0.5, 0.6) is 0 Å². The summed E-state index contributed by atoms with van der Waals surface area (Å²) < 4.78 is 0. The third kappa shape index (κ3) is 7.79. The first kappa shape index (κ1) is 11.7. The summed E-state index contributed by atoms with van der Waals surface area (Å²) >= 11 is 0. The Hall–Kier alpha value is -2.31. The van der Waals surface area contributed by atoms with Gasteiger partial charge in [0.15, 0.2) is 0 Å². The van der Waals surface area contributed by atoms with Crippen LogP contribution in [0.2, 0.25) is 0 Å². The highest BCUT2D eigenvalue weighted by molar-refractivity contribution is 5.84. The number of aromatic nitrogens is 2. The maximum absolute atomic E-state index is 9.97. The van der Waals surface area contributed by atoms with Gasteiger partial charge in [-0.1, -0.05) is 0 Å². The number of primary amides is 1. The molecule has 7 nitrogen and oxygen atoms in total. The van der Waals surface area contributed by atoms with Crippen molar-refractivity contribution in [1.29, 1.82) is 0 Å². The number of aliphatic carboxylic acids is 1. The van der Waals surface area contributed by atoms with E-state index in [1.54, 1.807) is 6.20 Å². The lowest BCUT2D eigenvalue weighted by Crippen LogP contribution is -2.03. The number of rotatable bonds is 2. The SMILES string of the molecule is NC(=O)O.O=C(O)/C=C/c1cnc[nH]1. The smallest absolute Gasteiger partial charge is 0.402 e. The summed E-state index contributed by atoms with van der Waals surface area (Å²) in [6.45, 7) is 0. The van der Waals surface area contributed by atoms with Crippen LogP contribution < -0.4 is 5.73 Å². The molecule has 5 N–H and O–H groups in total. The molecule has 0 aliphatic rings. The topological polar surface area (TPSA) is 129 Å². The van der Waals surface area contributed by atoms with Crippen molar-refractivity contribution in [2.24, 2.45) is 5.73 Å². The molecule has 0 unspecified atom stereocenters. The van der Waals surface area contributed by atoms with Crippen molar-refractivity contribution in [2.45, 2.75) is 0 Å². The summed E-state index contributed by atoms with van der Waals surface area (Å²) in [5.41, 5.74) is 4.71. The number of aromatic amines is 1. The number of carboxylic acids is 1. The third-order valence-corrected chi connectivity index (χ3v) is 0.925. The van der Waals surface area contributed by atoms with Crippen molar-refractivity contribution < 1.29 is 19.8 Å². The van der Waals surface area contributed by atoms with Crippen molar-refractivity contribution >= 4 is 18.1 Å². The molecule has 0 aromatic carbocycles. The molecule has 0 bridgehead atoms. The number of H-pyrrole nitrogens is 1. The predicted molar refractivity (Wildman–Crippen MR) is 47.5 cm³/mol. The van der Waals surface area contributed by atoms with Crippen LogP contribution in [0.1, 0.15) is 5.69 Å². The molecular weight excluding hydrogens is 190 g/mol. The highest BCUT2D eigenvalue weighted by Gasteiger charge is 1.87. The van der Waals surface area contributed by atoms with Gasteiger partial charge in [0.1, 0.15) is 0 Å². The molecule has 0 spiro atoms. The fourth-order valence-electron chi connectivity index (χ4n) is 0.519. The van der Waals surface area contributed by atoms with Gasteiger partial charge in [0.2, 0.25) is 0 Å². The lowest BCUT2D eigenvalue weighted by molar-refractivity contribution is -0.131. The van der Waals surface area contributed by atoms with E-state index in [1.165, 1.54) is 12.4 Å². The van der Waals surface area contributed by atoms with Crippen LogP contribution in [-0.4, -0.2) is 32.2 Å². The molecule has 0 atom stereocenters. The van der Waals surface area contributed by atoms with E-state index < -0.39 is 12.1 Å².